The minimum atomic E-state index is -4.09. The molecule has 8 heteroatoms. The SMILES string of the molecule is Cc1ccccc1NC(=O)CN(Cc1ccccc1)S(=O)(=O)c1cc(Cl)ccc1Cl. The van der Waals surface area contributed by atoms with Gasteiger partial charge in [0.15, 0.2) is 0 Å². The zero-order valence-electron chi connectivity index (χ0n) is 16.2. The Balaban J connectivity index is 1.93. The van der Waals surface area contributed by atoms with E-state index in [0.717, 1.165) is 15.4 Å². The number of carbonyl (C=O) groups is 1. The number of benzene rings is 3. The van der Waals surface area contributed by atoms with E-state index in [0.29, 0.717) is 5.69 Å². The van der Waals surface area contributed by atoms with E-state index in [9.17, 15) is 13.2 Å². The van der Waals surface area contributed by atoms with E-state index >= 15 is 0 Å². The molecule has 0 saturated carbocycles. The van der Waals surface area contributed by atoms with Gasteiger partial charge in [-0.15, -0.1) is 0 Å². The van der Waals surface area contributed by atoms with Crippen molar-refractivity contribution in [2.75, 3.05) is 11.9 Å². The molecule has 1 N–H and O–H groups in total. The molecular formula is C22H20Cl2N2O3S. The molecule has 5 nitrogen and oxygen atoms in total. The van der Waals surface area contributed by atoms with E-state index < -0.39 is 15.9 Å². The van der Waals surface area contributed by atoms with Crippen molar-refractivity contribution in [2.45, 2.75) is 18.4 Å². The van der Waals surface area contributed by atoms with E-state index in [1.165, 1.54) is 18.2 Å². The number of halogens is 2. The maximum Gasteiger partial charge on any atom is 0.245 e. The number of rotatable bonds is 7. The molecule has 3 rings (SSSR count). The van der Waals surface area contributed by atoms with E-state index in [-0.39, 0.29) is 28.0 Å². The third kappa shape index (κ3) is 5.40. The molecule has 0 fully saturated rings. The van der Waals surface area contributed by atoms with E-state index in [2.05, 4.69) is 5.32 Å². The summed E-state index contributed by atoms with van der Waals surface area (Å²) < 4.78 is 27.8. The van der Waals surface area contributed by atoms with Crippen molar-refractivity contribution in [2.24, 2.45) is 0 Å². The van der Waals surface area contributed by atoms with Gasteiger partial charge in [-0.25, -0.2) is 8.42 Å². The highest BCUT2D eigenvalue weighted by molar-refractivity contribution is 7.89. The van der Waals surface area contributed by atoms with Crippen LogP contribution < -0.4 is 5.32 Å². The van der Waals surface area contributed by atoms with Crippen molar-refractivity contribution in [1.29, 1.82) is 0 Å². The lowest BCUT2D eigenvalue weighted by molar-refractivity contribution is -0.116. The summed E-state index contributed by atoms with van der Waals surface area (Å²) >= 11 is 12.1. The largest absolute Gasteiger partial charge is 0.325 e. The van der Waals surface area contributed by atoms with Crippen molar-refractivity contribution < 1.29 is 13.2 Å². The number of hydrogen-bond acceptors (Lipinski definition) is 3. The van der Waals surface area contributed by atoms with Crippen LogP contribution >= 0.6 is 23.2 Å². The zero-order valence-corrected chi connectivity index (χ0v) is 18.5. The van der Waals surface area contributed by atoms with E-state index in [1.807, 2.05) is 25.1 Å². The summed E-state index contributed by atoms with van der Waals surface area (Å²) in [4.78, 5) is 12.6. The van der Waals surface area contributed by atoms with Gasteiger partial charge in [0.05, 0.1) is 11.6 Å². The first-order chi connectivity index (χ1) is 14.3. The minimum Gasteiger partial charge on any atom is -0.325 e. The summed E-state index contributed by atoms with van der Waals surface area (Å²) in [6.45, 7) is 1.49. The Bertz CT molecular complexity index is 1150. The van der Waals surface area contributed by atoms with Gasteiger partial charge in [-0.1, -0.05) is 71.7 Å². The van der Waals surface area contributed by atoms with Gasteiger partial charge in [-0.05, 0) is 42.3 Å². The van der Waals surface area contributed by atoms with Crippen molar-refractivity contribution in [3.05, 3.63) is 94.0 Å². The predicted molar refractivity (Wildman–Crippen MR) is 120 cm³/mol. The van der Waals surface area contributed by atoms with Gasteiger partial charge < -0.3 is 5.32 Å². The Morgan fingerprint density at radius 1 is 0.967 bits per heavy atom. The number of para-hydroxylation sites is 1. The molecule has 0 aromatic heterocycles. The second-order valence-electron chi connectivity index (χ2n) is 6.70. The average molecular weight is 463 g/mol. The Morgan fingerprint density at radius 3 is 2.33 bits per heavy atom. The number of nitrogens with one attached hydrogen (secondary N) is 1. The van der Waals surface area contributed by atoms with Gasteiger partial charge in [-0.2, -0.15) is 4.31 Å². The lowest BCUT2D eigenvalue weighted by atomic mass is 10.2. The van der Waals surface area contributed by atoms with Crippen LogP contribution in [0.2, 0.25) is 10.0 Å². The highest BCUT2D eigenvalue weighted by Crippen LogP contribution is 2.28. The number of anilines is 1. The maximum absolute atomic E-state index is 13.4. The second kappa shape index (κ2) is 9.62. The number of hydrogen-bond donors (Lipinski definition) is 1. The molecule has 0 heterocycles. The van der Waals surface area contributed by atoms with Gasteiger partial charge in [0.25, 0.3) is 0 Å². The van der Waals surface area contributed by atoms with Crippen LogP contribution in [-0.2, 0) is 21.4 Å². The first-order valence-electron chi connectivity index (χ1n) is 9.12. The molecule has 0 aliphatic rings. The fourth-order valence-corrected chi connectivity index (χ4v) is 5.01. The standard InChI is InChI=1S/C22H20Cl2N2O3S/c1-16-7-5-6-10-20(16)25-22(27)15-26(14-17-8-3-2-4-9-17)30(28,29)21-13-18(23)11-12-19(21)24/h2-13H,14-15H2,1H3,(H,25,27). The molecule has 0 radical (unpaired) electrons. The average Bonchev–Trinajstić information content (AvgIpc) is 2.71. The lowest BCUT2D eigenvalue weighted by Crippen LogP contribution is -2.37. The van der Waals surface area contributed by atoms with Crippen LogP contribution in [0.15, 0.2) is 77.7 Å². The third-order valence-corrected chi connectivity index (χ3v) is 6.96. The summed E-state index contributed by atoms with van der Waals surface area (Å²) in [6.07, 6.45) is 0. The number of nitrogens with zero attached hydrogens (tertiary/aromatic N) is 1. The van der Waals surface area contributed by atoms with Crippen LogP contribution in [0.5, 0.6) is 0 Å². The van der Waals surface area contributed by atoms with Crippen molar-refractivity contribution in [1.82, 2.24) is 4.31 Å². The Hall–Kier alpha value is -2.38. The van der Waals surface area contributed by atoms with Crippen molar-refractivity contribution >= 4 is 44.8 Å². The normalized spacial score (nSPS) is 11.5. The van der Waals surface area contributed by atoms with Gasteiger partial charge in [0.1, 0.15) is 4.90 Å². The summed E-state index contributed by atoms with van der Waals surface area (Å²) in [7, 11) is -4.09. The Labute approximate surface area is 186 Å². The number of amides is 1. The van der Waals surface area contributed by atoms with Crippen LogP contribution in [0.1, 0.15) is 11.1 Å². The van der Waals surface area contributed by atoms with Gasteiger partial charge in [-0.3, -0.25) is 4.79 Å². The maximum atomic E-state index is 13.4. The molecule has 3 aromatic carbocycles. The molecule has 0 aliphatic heterocycles. The molecule has 0 bridgehead atoms. The Morgan fingerprint density at radius 2 is 1.63 bits per heavy atom. The van der Waals surface area contributed by atoms with Gasteiger partial charge >= 0.3 is 0 Å². The Kier molecular flexibility index (Phi) is 7.15. The van der Waals surface area contributed by atoms with Crippen LogP contribution in [0.4, 0.5) is 5.69 Å². The summed E-state index contributed by atoms with van der Waals surface area (Å²) in [5.41, 5.74) is 2.24. The second-order valence-corrected chi connectivity index (χ2v) is 9.45. The van der Waals surface area contributed by atoms with E-state index in [4.69, 9.17) is 23.2 Å². The molecule has 0 spiro atoms. The molecule has 0 atom stereocenters. The summed E-state index contributed by atoms with van der Waals surface area (Å²) in [5, 5.41) is 3.05. The molecule has 0 unspecified atom stereocenters. The molecule has 0 aliphatic carbocycles. The number of carbonyl (C=O) groups excluding carboxylic acids is 1. The molecule has 156 valence electrons. The predicted octanol–water partition coefficient (Wildman–Crippen LogP) is 5.13. The zero-order chi connectivity index (χ0) is 21.7. The van der Waals surface area contributed by atoms with Crippen molar-refractivity contribution in [3.63, 3.8) is 0 Å². The number of aryl methyl sites for hydroxylation is 1. The van der Waals surface area contributed by atoms with Crippen LogP contribution in [-0.4, -0.2) is 25.2 Å². The third-order valence-electron chi connectivity index (χ3n) is 4.45. The van der Waals surface area contributed by atoms with Crippen molar-refractivity contribution in [3.8, 4) is 0 Å². The lowest BCUT2D eigenvalue weighted by Gasteiger charge is -2.23. The quantitative estimate of drug-likeness (QED) is 0.528. The fraction of sp³-hybridized carbons (Fsp3) is 0.136. The van der Waals surface area contributed by atoms with Crippen LogP contribution in [0.25, 0.3) is 0 Å². The molecule has 3 aromatic rings. The molecular weight excluding hydrogens is 443 g/mol. The smallest absolute Gasteiger partial charge is 0.245 e. The first kappa shape index (κ1) is 22.3. The molecule has 0 saturated heterocycles. The van der Waals surface area contributed by atoms with Gasteiger partial charge in [0.2, 0.25) is 15.9 Å². The number of sulfonamides is 1. The van der Waals surface area contributed by atoms with Gasteiger partial charge in [0, 0.05) is 17.3 Å². The monoisotopic (exact) mass is 462 g/mol. The van der Waals surface area contributed by atoms with E-state index in [1.54, 1.807) is 36.4 Å². The summed E-state index contributed by atoms with van der Waals surface area (Å²) in [5.74, 6) is -0.457. The highest BCUT2D eigenvalue weighted by atomic mass is 35.5. The highest BCUT2D eigenvalue weighted by Gasteiger charge is 2.29. The molecule has 30 heavy (non-hydrogen) atoms. The minimum absolute atomic E-state index is 0.00715. The topological polar surface area (TPSA) is 66.5 Å². The summed E-state index contributed by atoms with van der Waals surface area (Å²) in [6, 6.07) is 20.5. The fourth-order valence-electron chi connectivity index (χ4n) is 2.89. The van der Waals surface area contributed by atoms with Crippen LogP contribution in [0.3, 0.4) is 0 Å². The first-order valence-corrected chi connectivity index (χ1v) is 11.3. The van der Waals surface area contributed by atoms with Crippen LogP contribution in [0, 0.1) is 6.92 Å². The molecule has 1 amide bonds.